The van der Waals surface area contributed by atoms with Crippen molar-refractivity contribution in [1.29, 1.82) is 0 Å². The van der Waals surface area contributed by atoms with E-state index in [1.165, 1.54) is 24.3 Å². The van der Waals surface area contributed by atoms with E-state index in [9.17, 15) is 27.9 Å². The Kier molecular flexibility index (Phi) is 8.41. The van der Waals surface area contributed by atoms with Gasteiger partial charge < -0.3 is 21.1 Å². The largest absolute Gasteiger partial charge is 0.480 e. The number of hydrogen-bond donors (Lipinski definition) is 4. The number of amides is 3. The van der Waals surface area contributed by atoms with E-state index in [4.69, 9.17) is 0 Å². The molecule has 0 saturated heterocycles. The van der Waals surface area contributed by atoms with Crippen molar-refractivity contribution >= 4 is 33.4 Å². The molecule has 3 amide bonds. The second kappa shape index (κ2) is 9.92. The van der Waals surface area contributed by atoms with Crippen LogP contribution in [0.15, 0.2) is 29.2 Å². The maximum Gasteiger partial charge on any atom is 0.326 e. The van der Waals surface area contributed by atoms with Crippen LogP contribution in [0.5, 0.6) is 0 Å². The van der Waals surface area contributed by atoms with Crippen LogP contribution in [0.1, 0.15) is 41.0 Å². The zero-order valence-electron chi connectivity index (χ0n) is 18.1. The smallest absolute Gasteiger partial charge is 0.326 e. The first-order valence-electron chi connectivity index (χ1n) is 9.52. The topological polar surface area (TPSA) is 142 Å². The van der Waals surface area contributed by atoms with Gasteiger partial charge in [-0.3, -0.25) is 4.79 Å². The lowest BCUT2D eigenvalue weighted by Gasteiger charge is -2.30. The number of nitrogens with one attached hydrogen (secondary N) is 3. The molecule has 2 unspecified atom stereocenters. The normalized spacial score (nSPS) is 14.0. The molecule has 0 aliphatic carbocycles. The van der Waals surface area contributed by atoms with Gasteiger partial charge in [-0.25, -0.2) is 18.0 Å². The molecule has 0 aliphatic heterocycles. The third-order valence-electron chi connectivity index (χ3n) is 4.27. The van der Waals surface area contributed by atoms with E-state index in [1.807, 2.05) is 13.8 Å². The molecule has 9 nitrogen and oxygen atoms in total. The molecular weight excluding hydrogens is 410 g/mol. The van der Waals surface area contributed by atoms with Crippen molar-refractivity contribution in [2.45, 2.75) is 58.0 Å². The number of anilines is 1. The van der Waals surface area contributed by atoms with Crippen LogP contribution in [0, 0.1) is 11.3 Å². The Hall–Kier alpha value is -2.62. The van der Waals surface area contributed by atoms with Gasteiger partial charge in [-0.15, -0.1) is 0 Å². The molecule has 30 heavy (non-hydrogen) atoms. The van der Waals surface area contributed by atoms with Crippen LogP contribution in [0.3, 0.4) is 0 Å². The monoisotopic (exact) mass is 441 g/mol. The molecule has 10 heteroatoms. The highest BCUT2D eigenvalue weighted by molar-refractivity contribution is 7.90. The summed E-state index contributed by atoms with van der Waals surface area (Å²) in [4.78, 5) is 36.7. The highest BCUT2D eigenvalue weighted by Gasteiger charge is 2.35. The number of benzene rings is 1. The summed E-state index contributed by atoms with van der Waals surface area (Å²) in [6.45, 7) is 8.85. The van der Waals surface area contributed by atoms with Crippen LogP contribution >= 0.6 is 0 Å². The summed E-state index contributed by atoms with van der Waals surface area (Å²) in [5, 5.41) is 17.0. The molecule has 0 fully saturated rings. The molecule has 0 aromatic heterocycles. The maximum absolute atomic E-state index is 12.7. The van der Waals surface area contributed by atoms with Crippen LogP contribution in [0.4, 0.5) is 10.5 Å². The van der Waals surface area contributed by atoms with E-state index >= 15 is 0 Å². The SMILES string of the molecule is CC(C)CC(NC(=O)Nc1ccc(S(C)(=O)=O)cc1)C(=O)NC(C(=O)O)C(C)(C)C. The van der Waals surface area contributed by atoms with E-state index in [2.05, 4.69) is 16.0 Å². The Morgan fingerprint density at radius 2 is 1.57 bits per heavy atom. The van der Waals surface area contributed by atoms with E-state index < -0.39 is 45.2 Å². The standard InChI is InChI=1S/C20H31N3O6S/c1-12(2)11-15(17(24)23-16(18(25)26)20(3,4)5)22-19(27)21-13-7-9-14(10-8-13)30(6,28)29/h7-10,12,15-16H,11H2,1-6H3,(H,23,24)(H,25,26)(H2,21,22,27). The van der Waals surface area contributed by atoms with Crippen molar-refractivity contribution in [3.05, 3.63) is 24.3 Å². The number of rotatable bonds is 8. The quantitative estimate of drug-likeness (QED) is 0.487. The lowest BCUT2D eigenvalue weighted by atomic mass is 9.86. The minimum absolute atomic E-state index is 0.0630. The van der Waals surface area contributed by atoms with E-state index in [1.54, 1.807) is 20.8 Å². The molecule has 0 bridgehead atoms. The van der Waals surface area contributed by atoms with Crippen molar-refractivity contribution in [3.8, 4) is 0 Å². The average Bonchev–Trinajstić information content (AvgIpc) is 2.56. The summed E-state index contributed by atoms with van der Waals surface area (Å²) >= 11 is 0. The van der Waals surface area contributed by atoms with Crippen LogP contribution in [-0.2, 0) is 19.4 Å². The van der Waals surface area contributed by atoms with Gasteiger partial charge in [0.15, 0.2) is 9.84 Å². The van der Waals surface area contributed by atoms with Crippen molar-refractivity contribution in [3.63, 3.8) is 0 Å². The Labute approximate surface area is 177 Å². The van der Waals surface area contributed by atoms with Crippen molar-refractivity contribution in [1.82, 2.24) is 10.6 Å². The van der Waals surface area contributed by atoms with Crippen LogP contribution in [0.25, 0.3) is 0 Å². The average molecular weight is 442 g/mol. The Morgan fingerprint density at radius 1 is 1.03 bits per heavy atom. The molecule has 0 heterocycles. The van der Waals surface area contributed by atoms with Crippen molar-refractivity contribution in [2.24, 2.45) is 11.3 Å². The first-order valence-corrected chi connectivity index (χ1v) is 11.4. The van der Waals surface area contributed by atoms with Gasteiger partial charge in [0, 0.05) is 11.9 Å². The van der Waals surface area contributed by atoms with E-state index in [0.717, 1.165) is 6.26 Å². The first kappa shape index (κ1) is 25.4. The summed E-state index contributed by atoms with van der Waals surface area (Å²) < 4.78 is 23.0. The highest BCUT2D eigenvalue weighted by Crippen LogP contribution is 2.20. The number of carboxylic acid groups (broad SMARTS) is 1. The Morgan fingerprint density at radius 3 is 1.97 bits per heavy atom. The Bertz CT molecular complexity index is 873. The number of aliphatic carboxylic acids is 1. The van der Waals surface area contributed by atoms with E-state index in [-0.39, 0.29) is 10.8 Å². The number of carboxylic acids is 1. The summed E-state index contributed by atoms with van der Waals surface area (Å²) in [5.41, 5.74) is -0.366. The number of carbonyl (C=O) groups excluding carboxylic acids is 2. The zero-order chi connectivity index (χ0) is 23.3. The molecule has 2 atom stereocenters. The maximum atomic E-state index is 12.7. The van der Waals surface area contributed by atoms with Gasteiger partial charge in [0.1, 0.15) is 12.1 Å². The molecule has 1 aromatic carbocycles. The molecule has 0 aliphatic rings. The number of urea groups is 1. The lowest BCUT2D eigenvalue weighted by molar-refractivity contribution is -0.145. The molecule has 4 N–H and O–H groups in total. The lowest BCUT2D eigenvalue weighted by Crippen LogP contribution is -2.56. The van der Waals surface area contributed by atoms with Gasteiger partial charge in [-0.1, -0.05) is 34.6 Å². The third kappa shape index (κ3) is 8.02. The summed E-state index contributed by atoms with van der Waals surface area (Å²) in [6, 6.07) is 2.89. The van der Waals surface area contributed by atoms with Gasteiger partial charge in [0.2, 0.25) is 5.91 Å². The minimum Gasteiger partial charge on any atom is -0.480 e. The molecule has 0 saturated carbocycles. The van der Waals surface area contributed by atoms with Gasteiger partial charge in [-0.2, -0.15) is 0 Å². The summed E-state index contributed by atoms with van der Waals surface area (Å²) in [7, 11) is -3.35. The fourth-order valence-corrected chi connectivity index (χ4v) is 3.34. The van der Waals surface area contributed by atoms with Gasteiger partial charge in [0.05, 0.1) is 4.90 Å². The summed E-state index contributed by atoms with van der Waals surface area (Å²) in [6.07, 6.45) is 1.39. The third-order valence-corrected chi connectivity index (χ3v) is 5.40. The zero-order valence-corrected chi connectivity index (χ0v) is 19.0. The molecule has 1 rings (SSSR count). The number of sulfone groups is 1. The fourth-order valence-electron chi connectivity index (χ4n) is 2.71. The summed E-state index contributed by atoms with van der Waals surface area (Å²) in [5.74, 6) is -1.68. The van der Waals surface area contributed by atoms with Crippen LogP contribution in [0.2, 0.25) is 0 Å². The van der Waals surface area contributed by atoms with Gasteiger partial charge in [0.25, 0.3) is 0 Å². The second-order valence-electron chi connectivity index (χ2n) is 8.72. The first-order chi connectivity index (χ1) is 13.6. The predicted octanol–water partition coefficient (Wildman–Crippen LogP) is 2.24. The predicted molar refractivity (Wildman–Crippen MR) is 114 cm³/mol. The van der Waals surface area contributed by atoms with Crippen LogP contribution < -0.4 is 16.0 Å². The second-order valence-corrected chi connectivity index (χ2v) is 10.7. The van der Waals surface area contributed by atoms with Crippen LogP contribution in [-0.4, -0.2) is 49.8 Å². The van der Waals surface area contributed by atoms with Crippen molar-refractivity contribution in [2.75, 3.05) is 11.6 Å². The number of hydrogen-bond acceptors (Lipinski definition) is 5. The Balaban J connectivity index is 2.90. The van der Waals surface area contributed by atoms with Crippen molar-refractivity contribution < 1.29 is 27.9 Å². The minimum atomic E-state index is -3.35. The van der Waals surface area contributed by atoms with Gasteiger partial charge in [-0.05, 0) is 42.0 Å². The fraction of sp³-hybridized carbons (Fsp3) is 0.550. The molecular formula is C20H31N3O6S. The molecule has 168 valence electrons. The molecule has 1 aromatic rings. The highest BCUT2D eigenvalue weighted by atomic mass is 32.2. The van der Waals surface area contributed by atoms with E-state index in [0.29, 0.717) is 12.1 Å². The molecule has 0 radical (unpaired) electrons. The van der Waals surface area contributed by atoms with Gasteiger partial charge >= 0.3 is 12.0 Å². The molecule has 0 spiro atoms. The number of carbonyl (C=O) groups is 3.